The van der Waals surface area contributed by atoms with Gasteiger partial charge in [0.05, 0.1) is 0 Å². The monoisotopic (exact) mass is 300 g/mol. The van der Waals surface area contributed by atoms with Crippen LogP contribution in [0.25, 0.3) is 0 Å². The molecule has 0 spiro atoms. The van der Waals surface area contributed by atoms with Crippen LogP contribution >= 0.6 is 0 Å². The van der Waals surface area contributed by atoms with Crippen LogP contribution in [-0.4, -0.2) is 71.4 Å². The van der Waals surface area contributed by atoms with Crippen LogP contribution in [0, 0.1) is 0 Å². The number of rotatable bonds is 6. The van der Waals surface area contributed by atoms with Crippen molar-refractivity contribution in [3.05, 3.63) is 0 Å². The second-order valence-corrected chi connectivity index (χ2v) is 5.98. The van der Waals surface area contributed by atoms with Crippen LogP contribution in [0.5, 0.6) is 0 Å². The molecule has 114 valence electrons. The fourth-order valence-corrected chi connectivity index (χ4v) is 2.43. The van der Waals surface area contributed by atoms with Crippen molar-refractivity contribution in [3.63, 3.8) is 0 Å². The molecular formula is C10H20O8S. The van der Waals surface area contributed by atoms with Crippen molar-refractivity contribution in [1.82, 2.24) is 0 Å². The Hall–Kier alpha value is -0.290. The third-order valence-electron chi connectivity index (χ3n) is 2.82. The summed E-state index contributed by atoms with van der Waals surface area (Å²) in [7, 11) is -4.38. The first-order chi connectivity index (χ1) is 8.76. The summed E-state index contributed by atoms with van der Waals surface area (Å²) in [6, 6.07) is 0. The van der Waals surface area contributed by atoms with Crippen LogP contribution in [0.2, 0.25) is 0 Å². The lowest BCUT2D eigenvalue weighted by molar-refractivity contribution is -0.292. The molecule has 5 atom stereocenters. The Kier molecular flexibility index (Phi) is 6.12. The number of unbranched alkanes of at least 4 members (excludes halogenated alkanes) is 1. The van der Waals surface area contributed by atoms with Gasteiger partial charge in [0.15, 0.2) is 6.29 Å². The Balaban J connectivity index is 2.68. The molecule has 0 aliphatic carbocycles. The molecule has 0 bridgehead atoms. The third-order valence-corrected chi connectivity index (χ3v) is 3.57. The Labute approximate surface area is 111 Å². The molecule has 0 saturated carbocycles. The zero-order valence-electron chi connectivity index (χ0n) is 10.5. The van der Waals surface area contributed by atoms with E-state index >= 15 is 0 Å². The molecular weight excluding hydrogens is 280 g/mol. The van der Waals surface area contributed by atoms with E-state index in [9.17, 15) is 23.7 Å². The van der Waals surface area contributed by atoms with E-state index in [0.717, 1.165) is 6.42 Å². The molecule has 9 heteroatoms. The van der Waals surface area contributed by atoms with Gasteiger partial charge in [0.2, 0.25) is 0 Å². The highest BCUT2D eigenvalue weighted by Crippen LogP contribution is 2.23. The number of hydrogen-bond donors (Lipinski definition) is 4. The van der Waals surface area contributed by atoms with Gasteiger partial charge in [-0.25, -0.2) is 0 Å². The molecule has 19 heavy (non-hydrogen) atoms. The quantitative estimate of drug-likeness (QED) is 0.344. The van der Waals surface area contributed by atoms with Gasteiger partial charge in [0.25, 0.3) is 10.1 Å². The van der Waals surface area contributed by atoms with Crippen molar-refractivity contribution in [2.24, 2.45) is 0 Å². The van der Waals surface area contributed by atoms with Crippen molar-refractivity contribution in [2.45, 2.75) is 50.5 Å². The molecule has 1 heterocycles. The van der Waals surface area contributed by atoms with Crippen molar-refractivity contribution in [1.29, 1.82) is 0 Å². The largest absolute Gasteiger partial charge is 0.388 e. The van der Waals surface area contributed by atoms with E-state index in [-0.39, 0.29) is 6.61 Å². The van der Waals surface area contributed by atoms with Crippen LogP contribution in [0.15, 0.2) is 0 Å². The maximum atomic E-state index is 10.8. The van der Waals surface area contributed by atoms with E-state index in [4.69, 9.17) is 14.0 Å². The topological polar surface area (TPSA) is 134 Å². The van der Waals surface area contributed by atoms with E-state index in [1.54, 1.807) is 0 Å². The van der Waals surface area contributed by atoms with Gasteiger partial charge < -0.3 is 24.8 Å². The molecule has 4 N–H and O–H groups in total. The number of aliphatic hydroxyl groups excluding tert-OH is 3. The molecule has 8 nitrogen and oxygen atoms in total. The van der Waals surface area contributed by atoms with Crippen LogP contribution in [0.1, 0.15) is 19.8 Å². The molecule has 0 aromatic carbocycles. The summed E-state index contributed by atoms with van der Waals surface area (Å²) in [4.78, 5) is 0. The lowest BCUT2D eigenvalue weighted by atomic mass is 10.00. The standard InChI is InChI=1S/C10H20O8S/c1-2-3-4-17-10-9(13)8(12)7(11)6(18-10)5-19(14,15)16/h6-13H,2-5H2,1H3,(H,14,15,16)/t6-,7-,8+,9-,10-/m1/s1. The van der Waals surface area contributed by atoms with E-state index in [2.05, 4.69) is 0 Å². The number of ether oxygens (including phenoxy) is 2. The molecule has 1 saturated heterocycles. The summed E-state index contributed by atoms with van der Waals surface area (Å²) in [5.41, 5.74) is 0. The van der Waals surface area contributed by atoms with Crippen molar-refractivity contribution in [2.75, 3.05) is 12.4 Å². The minimum absolute atomic E-state index is 0.264. The lowest BCUT2D eigenvalue weighted by Crippen LogP contribution is -2.59. The molecule has 1 aliphatic heterocycles. The second kappa shape index (κ2) is 6.93. The van der Waals surface area contributed by atoms with E-state index in [1.165, 1.54) is 0 Å². The summed E-state index contributed by atoms with van der Waals surface area (Å²) in [6.45, 7) is 2.20. The van der Waals surface area contributed by atoms with Gasteiger partial charge in [0, 0.05) is 6.61 Å². The number of hydrogen-bond acceptors (Lipinski definition) is 7. The average molecular weight is 300 g/mol. The maximum Gasteiger partial charge on any atom is 0.267 e. The van der Waals surface area contributed by atoms with Gasteiger partial charge in [-0.1, -0.05) is 13.3 Å². The van der Waals surface area contributed by atoms with E-state index in [0.29, 0.717) is 6.42 Å². The molecule has 1 aliphatic rings. The molecule has 0 aromatic heterocycles. The summed E-state index contributed by atoms with van der Waals surface area (Å²) < 4.78 is 40.6. The minimum Gasteiger partial charge on any atom is -0.388 e. The minimum atomic E-state index is -4.38. The van der Waals surface area contributed by atoms with Crippen molar-refractivity contribution in [3.8, 4) is 0 Å². The summed E-state index contributed by atoms with van der Waals surface area (Å²) >= 11 is 0. The highest BCUT2D eigenvalue weighted by atomic mass is 32.2. The number of aliphatic hydroxyl groups is 3. The second-order valence-electron chi connectivity index (χ2n) is 4.49. The zero-order chi connectivity index (χ0) is 14.6. The van der Waals surface area contributed by atoms with Crippen LogP contribution in [0.4, 0.5) is 0 Å². The molecule has 1 fully saturated rings. The highest BCUT2D eigenvalue weighted by Gasteiger charge is 2.45. The zero-order valence-corrected chi connectivity index (χ0v) is 11.4. The highest BCUT2D eigenvalue weighted by molar-refractivity contribution is 7.85. The first-order valence-corrected chi connectivity index (χ1v) is 7.63. The van der Waals surface area contributed by atoms with Gasteiger partial charge >= 0.3 is 0 Å². The van der Waals surface area contributed by atoms with Gasteiger partial charge in [-0.3, -0.25) is 4.55 Å². The van der Waals surface area contributed by atoms with Gasteiger partial charge in [-0.2, -0.15) is 8.42 Å². The first-order valence-electron chi connectivity index (χ1n) is 6.02. The van der Waals surface area contributed by atoms with Crippen molar-refractivity contribution >= 4 is 10.1 Å². The summed E-state index contributed by atoms with van der Waals surface area (Å²) in [6.07, 6.45) is -5.76. The van der Waals surface area contributed by atoms with Gasteiger partial charge in [0.1, 0.15) is 30.2 Å². The van der Waals surface area contributed by atoms with Crippen LogP contribution < -0.4 is 0 Å². The molecule has 0 unspecified atom stereocenters. The molecule has 0 radical (unpaired) electrons. The summed E-state index contributed by atoms with van der Waals surface area (Å²) in [5.74, 6) is -0.883. The maximum absolute atomic E-state index is 10.8. The van der Waals surface area contributed by atoms with Gasteiger partial charge in [-0.15, -0.1) is 0 Å². The van der Waals surface area contributed by atoms with Crippen molar-refractivity contribution < 1.29 is 37.8 Å². The van der Waals surface area contributed by atoms with Gasteiger partial charge in [-0.05, 0) is 6.42 Å². The predicted octanol–water partition coefficient (Wildman–Crippen LogP) is -1.50. The molecule has 0 aromatic rings. The molecule has 0 amide bonds. The normalized spacial score (nSPS) is 36.4. The smallest absolute Gasteiger partial charge is 0.267 e. The molecule has 1 rings (SSSR count). The average Bonchev–Trinajstić information content (AvgIpc) is 2.30. The van der Waals surface area contributed by atoms with E-state index in [1.807, 2.05) is 6.92 Å². The SMILES string of the molecule is CCCCO[C@@H]1O[C@H](CS(=O)(=O)O)[C@@H](O)[C@H](O)[C@H]1O. The Morgan fingerprint density at radius 1 is 1.16 bits per heavy atom. The lowest BCUT2D eigenvalue weighted by Gasteiger charge is -2.39. The predicted molar refractivity (Wildman–Crippen MR) is 64.0 cm³/mol. The Morgan fingerprint density at radius 2 is 1.79 bits per heavy atom. The van der Waals surface area contributed by atoms with Crippen LogP contribution in [0.3, 0.4) is 0 Å². The van der Waals surface area contributed by atoms with E-state index < -0.39 is 46.6 Å². The first kappa shape index (κ1) is 16.8. The van der Waals surface area contributed by atoms with Crippen LogP contribution in [-0.2, 0) is 19.6 Å². The Morgan fingerprint density at radius 3 is 2.32 bits per heavy atom. The third kappa shape index (κ3) is 4.95. The fraction of sp³-hybridized carbons (Fsp3) is 1.00. The Bertz CT molecular complexity index is 370. The summed E-state index contributed by atoms with van der Waals surface area (Å²) in [5, 5.41) is 28.8. The fourth-order valence-electron chi connectivity index (χ4n) is 1.74.